The molecule has 1 aromatic rings. The van der Waals surface area contributed by atoms with Crippen LogP contribution >= 0.6 is 0 Å². The van der Waals surface area contributed by atoms with E-state index in [-0.39, 0.29) is 11.9 Å². The van der Waals surface area contributed by atoms with Crippen LogP contribution in [-0.2, 0) is 16.0 Å². The first-order chi connectivity index (χ1) is 10.7. The lowest BCUT2D eigenvalue weighted by atomic mass is 10.1. The fourth-order valence-electron chi connectivity index (χ4n) is 2.26. The van der Waals surface area contributed by atoms with Crippen LogP contribution in [0.5, 0.6) is 0 Å². The summed E-state index contributed by atoms with van der Waals surface area (Å²) in [5, 5.41) is 15.6. The summed E-state index contributed by atoms with van der Waals surface area (Å²) in [6, 6.07) is 3.74. The second kappa shape index (κ2) is 8.28. The van der Waals surface area contributed by atoms with Crippen LogP contribution in [0.15, 0.2) is 24.3 Å². The fraction of sp³-hybridized carbons (Fsp3) is 0.375. The Morgan fingerprint density at radius 2 is 1.91 bits per heavy atom. The number of aryl methyl sites for hydroxylation is 1. The van der Waals surface area contributed by atoms with Gasteiger partial charge in [-0.3, -0.25) is 0 Å². The number of carbonyl (C=O) groups is 2. The Morgan fingerprint density at radius 1 is 1.35 bits per heavy atom. The number of rotatable bonds is 4. The van der Waals surface area contributed by atoms with Crippen LogP contribution in [0, 0.1) is 12.7 Å². The minimum Gasteiger partial charge on any atom is -0.478 e. The lowest BCUT2D eigenvalue weighted by Gasteiger charge is -2.21. The molecular formula is C16H21FN2O4. The first kappa shape index (κ1) is 18.6. The summed E-state index contributed by atoms with van der Waals surface area (Å²) in [5.74, 6) is -2.61. The third-order valence-corrected chi connectivity index (χ3v) is 3.23. The molecule has 1 unspecified atom stereocenters. The molecule has 0 radical (unpaired) electrons. The smallest absolute Gasteiger partial charge is 0.328 e. The molecule has 4 N–H and O–H groups in total. The lowest BCUT2D eigenvalue weighted by Crippen LogP contribution is -2.34. The maximum atomic E-state index is 13.3. The third kappa shape index (κ3) is 6.07. The van der Waals surface area contributed by atoms with Gasteiger partial charge in [-0.1, -0.05) is 0 Å². The molecule has 2 rings (SSSR count). The number of nitrogens with zero attached hydrogens (tertiary/aromatic N) is 1. The Morgan fingerprint density at radius 3 is 2.39 bits per heavy atom. The van der Waals surface area contributed by atoms with Gasteiger partial charge >= 0.3 is 11.9 Å². The summed E-state index contributed by atoms with van der Waals surface area (Å²) in [6.45, 7) is 5.60. The second-order valence-corrected chi connectivity index (χ2v) is 5.41. The van der Waals surface area contributed by atoms with E-state index in [1.807, 2.05) is 13.0 Å². The van der Waals surface area contributed by atoms with E-state index in [0.29, 0.717) is 17.7 Å². The maximum Gasteiger partial charge on any atom is 0.328 e. The molecule has 1 atom stereocenters. The van der Waals surface area contributed by atoms with Crippen molar-refractivity contribution in [1.82, 2.24) is 0 Å². The molecule has 1 aromatic carbocycles. The minimum absolute atomic E-state index is 0.101. The van der Waals surface area contributed by atoms with Gasteiger partial charge in [-0.2, -0.15) is 0 Å². The number of hydrogen-bond donors (Lipinski definition) is 3. The molecule has 1 aliphatic heterocycles. The highest BCUT2D eigenvalue weighted by Gasteiger charge is 2.21. The average Bonchev–Trinajstić information content (AvgIpc) is 2.79. The molecule has 126 valence electrons. The molecular weight excluding hydrogens is 303 g/mol. The zero-order valence-electron chi connectivity index (χ0n) is 13.1. The number of halogens is 1. The van der Waals surface area contributed by atoms with Gasteiger partial charge in [-0.15, -0.1) is 0 Å². The Labute approximate surface area is 134 Å². The normalized spacial score (nSPS) is 14.2. The van der Waals surface area contributed by atoms with Crippen molar-refractivity contribution < 1.29 is 24.2 Å². The first-order valence-electron chi connectivity index (χ1n) is 7.14. The van der Waals surface area contributed by atoms with Crippen molar-refractivity contribution >= 4 is 17.6 Å². The molecule has 0 aliphatic carbocycles. The van der Waals surface area contributed by atoms with Crippen molar-refractivity contribution in [2.24, 2.45) is 5.73 Å². The monoisotopic (exact) mass is 324 g/mol. The van der Waals surface area contributed by atoms with Crippen LogP contribution < -0.4 is 10.6 Å². The van der Waals surface area contributed by atoms with Crippen LogP contribution in [0.3, 0.4) is 0 Å². The number of carboxylic acids is 2. The summed E-state index contributed by atoms with van der Waals surface area (Å²) >= 11 is 0. The molecule has 0 fully saturated rings. The van der Waals surface area contributed by atoms with Crippen molar-refractivity contribution in [1.29, 1.82) is 0 Å². The Balaban J connectivity index is 0.000000284. The molecule has 7 heteroatoms. The van der Waals surface area contributed by atoms with E-state index in [1.54, 1.807) is 13.0 Å². The maximum absolute atomic E-state index is 13.3. The first-order valence-corrected chi connectivity index (χ1v) is 7.14. The van der Waals surface area contributed by atoms with E-state index in [4.69, 9.17) is 15.9 Å². The molecule has 6 nitrogen and oxygen atoms in total. The van der Waals surface area contributed by atoms with Gasteiger partial charge in [0, 0.05) is 37.0 Å². The minimum atomic E-state index is -1.26. The van der Waals surface area contributed by atoms with E-state index < -0.39 is 11.9 Å². The summed E-state index contributed by atoms with van der Waals surface area (Å²) in [6.07, 6.45) is 2.05. The van der Waals surface area contributed by atoms with Gasteiger partial charge in [0.05, 0.1) is 0 Å². The Hall–Kier alpha value is -2.41. The van der Waals surface area contributed by atoms with Crippen molar-refractivity contribution in [3.05, 3.63) is 41.2 Å². The van der Waals surface area contributed by atoms with Gasteiger partial charge in [0.1, 0.15) is 5.82 Å². The molecule has 0 saturated carbocycles. The highest BCUT2D eigenvalue weighted by atomic mass is 19.1. The number of benzene rings is 1. The van der Waals surface area contributed by atoms with Gasteiger partial charge in [-0.25, -0.2) is 14.0 Å². The number of hydrogen-bond acceptors (Lipinski definition) is 4. The summed E-state index contributed by atoms with van der Waals surface area (Å²) in [7, 11) is 0. The molecule has 0 spiro atoms. The van der Waals surface area contributed by atoms with Crippen LogP contribution in [0.4, 0.5) is 10.1 Å². The van der Waals surface area contributed by atoms with Gasteiger partial charge in [0.2, 0.25) is 0 Å². The quantitative estimate of drug-likeness (QED) is 0.726. The van der Waals surface area contributed by atoms with Crippen molar-refractivity contribution in [3.8, 4) is 0 Å². The predicted octanol–water partition coefficient (Wildman–Crippen LogP) is 1.56. The predicted molar refractivity (Wildman–Crippen MR) is 85.1 cm³/mol. The topological polar surface area (TPSA) is 104 Å². The molecule has 0 aromatic heterocycles. The lowest BCUT2D eigenvalue weighted by molar-refractivity contribution is -0.134. The molecule has 0 saturated heterocycles. The van der Waals surface area contributed by atoms with E-state index >= 15 is 0 Å². The molecule has 1 heterocycles. The Bertz CT molecular complexity index is 598. The molecule has 1 aliphatic rings. The number of aliphatic carboxylic acids is 2. The van der Waals surface area contributed by atoms with Crippen LogP contribution in [-0.4, -0.2) is 41.3 Å². The number of anilines is 1. The standard InChI is InChI=1S/C12H17FN2.C4H4O4/c1-8-5-12-10(6-11(8)13)3-4-15(12)7-9(2)14;5-3(6)1-2-4(7)8/h5-6,9H,3-4,7,14H2,1-2H3;1-2H,(H,5,6)(H,7,8). The zero-order valence-corrected chi connectivity index (χ0v) is 13.1. The molecule has 0 bridgehead atoms. The van der Waals surface area contributed by atoms with Crippen molar-refractivity contribution in [3.63, 3.8) is 0 Å². The number of fused-ring (bicyclic) bond motifs is 1. The SMILES string of the molecule is Cc1cc2c(cc1F)CCN2CC(C)N.O=C(O)C=CC(=O)O. The summed E-state index contributed by atoms with van der Waals surface area (Å²) < 4.78 is 13.3. The number of nitrogens with two attached hydrogens (primary N) is 1. The summed E-state index contributed by atoms with van der Waals surface area (Å²) in [4.78, 5) is 21.3. The van der Waals surface area contributed by atoms with E-state index in [9.17, 15) is 14.0 Å². The van der Waals surface area contributed by atoms with Crippen LogP contribution in [0.2, 0.25) is 0 Å². The average molecular weight is 324 g/mol. The van der Waals surface area contributed by atoms with Gasteiger partial charge in [0.15, 0.2) is 0 Å². The van der Waals surface area contributed by atoms with Gasteiger partial charge in [-0.05, 0) is 43.5 Å². The molecule has 0 amide bonds. The fourth-order valence-corrected chi connectivity index (χ4v) is 2.26. The van der Waals surface area contributed by atoms with E-state index in [1.165, 1.54) is 0 Å². The van der Waals surface area contributed by atoms with Gasteiger partial charge in [0.25, 0.3) is 0 Å². The zero-order chi connectivity index (χ0) is 17.6. The van der Waals surface area contributed by atoms with Crippen molar-refractivity contribution in [2.75, 3.05) is 18.0 Å². The highest BCUT2D eigenvalue weighted by Crippen LogP contribution is 2.30. The molecule has 23 heavy (non-hydrogen) atoms. The summed E-state index contributed by atoms with van der Waals surface area (Å²) in [5.41, 5.74) is 8.76. The van der Waals surface area contributed by atoms with E-state index in [0.717, 1.165) is 30.8 Å². The van der Waals surface area contributed by atoms with Gasteiger partial charge < -0.3 is 20.8 Å². The Kier molecular flexibility index (Phi) is 6.71. The second-order valence-electron chi connectivity index (χ2n) is 5.41. The van der Waals surface area contributed by atoms with E-state index in [2.05, 4.69) is 4.90 Å². The third-order valence-electron chi connectivity index (χ3n) is 3.23. The van der Waals surface area contributed by atoms with Crippen molar-refractivity contribution in [2.45, 2.75) is 26.3 Å². The highest BCUT2D eigenvalue weighted by molar-refractivity contribution is 5.89. The van der Waals surface area contributed by atoms with Crippen LogP contribution in [0.1, 0.15) is 18.1 Å². The van der Waals surface area contributed by atoms with Crippen LogP contribution in [0.25, 0.3) is 0 Å². The number of carboxylic acid groups (broad SMARTS) is 2. The largest absolute Gasteiger partial charge is 0.478 e.